The summed E-state index contributed by atoms with van der Waals surface area (Å²) in [4.78, 5) is 13.5. The van der Waals surface area contributed by atoms with E-state index in [-0.39, 0.29) is 18.1 Å². The molecule has 1 heterocycles. The standard InChI is InChI=1S/C15H23N3O2/c1-9-5-13(16)14(17-12(4)19)6-15(9)18-7-10(2)20-11(3)8-18/h5-6,10-11H,7-8,16H2,1-4H3,(H,17,19)/t10-,11+. The summed E-state index contributed by atoms with van der Waals surface area (Å²) in [6, 6.07) is 3.86. The molecule has 0 bridgehead atoms. The Balaban J connectivity index is 2.32. The number of rotatable bonds is 2. The van der Waals surface area contributed by atoms with Crippen molar-refractivity contribution in [2.24, 2.45) is 0 Å². The van der Waals surface area contributed by atoms with Crippen LogP contribution in [0.1, 0.15) is 26.3 Å². The molecule has 0 unspecified atom stereocenters. The summed E-state index contributed by atoms with van der Waals surface area (Å²) in [6.07, 6.45) is 0.389. The minimum absolute atomic E-state index is 0.116. The Bertz CT molecular complexity index is 506. The van der Waals surface area contributed by atoms with Gasteiger partial charge in [0, 0.05) is 25.7 Å². The number of morpholine rings is 1. The molecule has 1 aromatic carbocycles. The Morgan fingerprint density at radius 3 is 2.50 bits per heavy atom. The van der Waals surface area contributed by atoms with E-state index in [0.717, 1.165) is 24.3 Å². The lowest BCUT2D eigenvalue weighted by atomic mass is 10.1. The Morgan fingerprint density at radius 2 is 1.95 bits per heavy atom. The van der Waals surface area contributed by atoms with E-state index in [1.807, 2.05) is 19.1 Å². The van der Waals surface area contributed by atoms with Crippen LogP contribution >= 0.6 is 0 Å². The third-order valence-corrected chi connectivity index (χ3v) is 3.44. The Labute approximate surface area is 120 Å². The van der Waals surface area contributed by atoms with E-state index in [4.69, 9.17) is 10.5 Å². The van der Waals surface area contributed by atoms with Gasteiger partial charge in [-0.15, -0.1) is 0 Å². The van der Waals surface area contributed by atoms with Crippen molar-refractivity contribution in [1.29, 1.82) is 0 Å². The quantitative estimate of drug-likeness (QED) is 0.813. The van der Waals surface area contributed by atoms with Crippen molar-refractivity contribution >= 4 is 23.0 Å². The number of carbonyl (C=O) groups is 1. The van der Waals surface area contributed by atoms with Gasteiger partial charge in [0.1, 0.15) is 0 Å². The summed E-state index contributed by atoms with van der Waals surface area (Å²) in [7, 11) is 0. The maximum atomic E-state index is 11.2. The predicted octanol–water partition coefficient (Wildman–Crippen LogP) is 2.15. The van der Waals surface area contributed by atoms with Crippen molar-refractivity contribution in [1.82, 2.24) is 0 Å². The Kier molecular flexibility index (Phi) is 4.18. The second kappa shape index (κ2) is 5.71. The molecule has 2 atom stereocenters. The van der Waals surface area contributed by atoms with Crippen LogP contribution in [0.15, 0.2) is 12.1 Å². The number of nitrogens with one attached hydrogen (secondary N) is 1. The van der Waals surface area contributed by atoms with Gasteiger partial charge in [0.15, 0.2) is 0 Å². The zero-order chi connectivity index (χ0) is 14.9. The molecular formula is C15H23N3O2. The molecule has 3 N–H and O–H groups in total. The minimum atomic E-state index is -0.116. The van der Waals surface area contributed by atoms with Gasteiger partial charge >= 0.3 is 0 Å². The molecule has 0 aliphatic carbocycles. The number of hydrogen-bond acceptors (Lipinski definition) is 4. The van der Waals surface area contributed by atoms with E-state index in [2.05, 4.69) is 24.1 Å². The molecule has 1 aromatic rings. The van der Waals surface area contributed by atoms with E-state index in [1.165, 1.54) is 6.92 Å². The summed E-state index contributed by atoms with van der Waals surface area (Å²) in [5.41, 5.74) is 9.44. The molecule has 1 aliphatic heterocycles. The van der Waals surface area contributed by atoms with Crippen LogP contribution in [-0.4, -0.2) is 31.2 Å². The highest BCUT2D eigenvalue weighted by atomic mass is 16.5. The number of carbonyl (C=O) groups excluding carboxylic acids is 1. The molecule has 0 radical (unpaired) electrons. The van der Waals surface area contributed by atoms with Crippen LogP contribution < -0.4 is 16.0 Å². The summed E-state index contributed by atoms with van der Waals surface area (Å²) in [6.45, 7) is 9.35. The molecule has 5 heteroatoms. The van der Waals surface area contributed by atoms with Gasteiger partial charge in [0.2, 0.25) is 5.91 Å². The van der Waals surface area contributed by atoms with Crippen LogP contribution in [0.3, 0.4) is 0 Å². The SMILES string of the molecule is CC(=O)Nc1cc(N2C[C@@H](C)O[C@@H](C)C2)c(C)cc1N. The lowest BCUT2D eigenvalue weighted by molar-refractivity contribution is -0.114. The largest absolute Gasteiger partial charge is 0.397 e. The number of nitrogens with two attached hydrogens (primary N) is 1. The number of ether oxygens (including phenoxy) is 1. The fourth-order valence-electron chi connectivity index (χ4n) is 2.73. The zero-order valence-electron chi connectivity index (χ0n) is 12.6. The molecule has 1 aliphatic rings. The second-order valence-electron chi connectivity index (χ2n) is 5.57. The van der Waals surface area contributed by atoms with Gasteiger partial charge in [-0.1, -0.05) is 0 Å². The van der Waals surface area contributed by atoms with Crippen molar-refractivity contribution in [3.05, 3.63) is 17.7 Å². The average molecular weight is 277 g/mol. The number of nitrogens with zero attached hydrogens (tertiary/aromatic N) is 1. The number of aryl methyl sites for hydroxylation is 1. The highest BCUT2D eigenvalue weighted by Crippen LogP contribution is 2.31. The normalized spacial score (nSPS) is 22.7. The lowest BCUT2D eigenvalue weighted by Crippen LogP contribution is -2.45. The summed E-state index contributed by atoms with van der Waals surface area (Å²) < 4.78 is 5.76. The summed E-state index contributed by atoms with van der Waals surface area (Å²) in [5.74, 6) is -0.116. The lowest BCUT2D eigenvalue weighted by Gasteiger charge is -2.37. The van der Waals surface area contributed by atoms with Crippen molar-refractivity contribution in [2.75, 3.05) is 29.0 Å². The maximum absolute atomic E-state index is 11.2. The van der Waals surface area contributed by atoms with Gasteiger partial charge in [-0.25, -0.2) is 0 Å². The summed E-state index contributed by atoms with van der Waals surface area (Å²) in [5, 5.41) is 2.78. The molecule has 0 saturated carbocycles. The number of amides is 1. The first-order valence-corrected chi connectivity index (χ1v) is 6.95. The van der Waals surface area contributed by atoms with Crippen LogP contribution in [0.5, 0.6) is 0 Å². The maximum Gasteiger partial charge on any atom is 0.221 e. The van der Waals surface area contributed by atoms with Crippen LogP contribution in [0.4, 0.5) is 17.1 Å². The van der Waals surface area contributed by atoms with Gasteiger partial charge in [0.05, 0.1) is 23.6 Å². The molecule has 2 rings (SSSR count). The van der Waals surface area contributed by atoms with E-state index in [1.54, 1.807) is 0 Å². The van der Waals surface area contributed by atoms with Crippen LogP contribution in [0.25, 0.3) is 0 Å². The smallest absolute Gasteiger partial charge is 0.221 e. The van der Waals surface area contributed by atoms with Crippen LogP contribution in [-0.2, 0) is 9.53 Å². The minimum Gasteiger partial charge on any atom is -0.397 e. The van der Waals surface area contributed by atoms with Gasteiger partial charge in [-0.2, -0.15) is 0 Å². The first kappa shape index (κ1) is 14.7. The first-order chi connectivity index (χ1) is 9.36. The monoisotopic (exact) mass is 277 g/mol. The topological polar surface area (TPSA) is 67.6 Å². The fourth-order valence-corrected chi connectivity index (χ4v) is 2.73. The highest BCUT2D eigenvalue weighted by Gasteiger charge is 2.24. The van der Waals surface area contributed by atoms with Crippen LogP contribution in [0, 0.1) is 6.92 Å². The molecule has 1 saturated heterocycles. The van der Waals surface area contributed by atoms with Crippen molar-refractivity contribution in [3.8, 4) is 0 Å². The summed E-state index contributed by atoms with van der Waals surface area (Å²) >= 11 is 0. The molecular weight excluding hydrogens is 254 g/mol. The average Bonchev–Trinajstić information content (AvgIpc) is 2.30. The van der Waals surface area contributed by atoms with E-state index in [0.29, 0.717) is 11.4 Å². The molecule has 1 fully saturated rings. The third-order valence-electron chi connectivity index (χ3n) is 3.44. The van der Waals surface area contributed by atoms with Gasteiger partial charge in [0.25, 0.3) is 0 Å². The first-order valence-electron chi connectivity index (χ1n) is 6.95. The van der Waals surface area contributed by atoms with Gasteiger partial charge < -0.3 is 20.7 Å². The second-order valence-corrected chi connectivity index (χ2v) is 5.57. The zero-order valence-corrected chi connectivity index (χ0v) is 12.6. The van der Waals surface area contributed by atoms with E-state index >= 15 is 0 Å². The molecule has 0 aromatic heterocycles. The number of benzene rings is 1. The van der Waals surface area contributed by atoms with Crippen molar-refractivity contribution in [3.63, 3.8) is 0 Å². The fraction of sp³-hybridized carbons (Fsp3) is 0.533. The van der Waals surface area contributed by atoms with E-state index in [9.17, 15) is 4.79 Å². The Morgan fingerprint density at radius 1 is 1.35 bits per heavy atom. The highest BCUT2D eigenvalue weighted by molar-refractivity contribution is 5.93. The number of anilines is 3. The van der Waals surface area contributed by atoms with E-state index < -0.39 is 0 Å². The molecule has 0 spiro atoms. The molecule has 20 heavy (non-hydrogen) atoms. The molecule has 110 valence electrons. The number of hydrogen-bond donors (Lipinski definition) is 2. The molecule has 1 amide bonds. The van der Waals surface area contributed by atoms with Crippen LogP contribution in [0.2, 0.25) is 0 Å². The Hall–Kier alpha value is -1.75. The van der Waals surface area contributed by atoms with Gasteiger partial charge in [-0.3, -0.25) is 4.79 Å². The third kappa shape index (κ3) is 3.22. The predicted molar refractivity (Wildman–Crippen MR) is 82.1 cm³/mol. The van der Waals surface area contributed by atoms with Crippen molar-refractivity contribution < 1.29 is 9.53 Å². The number of nitrogen functional groups attached to an aromatic ring is 1. The van der Waals surface area contributed by atoms with Gasteiger partial charge in [-0.05, 0) is 38.5 Å². The molecule has 5 nitrogen and oxygen atoms in total. The van der Waals surface area contributed by atoms with Crippen molar-refractivity contribution in [2.45, 2.75) is 39.9 Å².